The van der Waals surface area contributed by atoms with Crippen LogP contribution < -0.4 is 5.48 Å². The van der Waals surface area contributed by atoms with E-state index in [2.05, 4.69) is 31.2 Å². The first kappa shape index (κ1) is 13.6. The van der Waals surface area contributed by atoms with E-state index in [1.807, 2.05) is 27.0 Å². The highest BCUT2D eigenvalue weighted by molar-refractivity contribution is 7.11. The Bertz CT molecular complexity index is 334. The number of nitrogens with one attached hydrogen (secondary N) is 1. The Morgan fingerprint density at radius 2 is 1.88 bits per heavy atom. The van der Waals surface area contributed by atoms with Gasteiger partial charge < -0.3 is 0 Å². The van der Waals surface area contributed by atoms with Crippen molar-refractivity contribution in [3.63, 3.8) is 0 Å². The van der Waals surface area contributed by atoms with Crippen molar-refractivity contribution in [3.05, 3.63) is 16.1 Å². The Kier molecular flexibility index (Phi) is 4.10. The van der Waals surface area contributed by atoms with Gasteiger partial charge in [-0.15, -0.1) is 11.3 Å². The number of hydrogen-bond donors (Lipinski definition) is 1. The van der Waals surface area contributed by atoms with Crippen LogP contribution in [0, 0.1) is 0 Å². The van der Waals surface area contributed by atoms with Crippen LogP contribution in [0.15, 0.2) is 6.20 Å². The van der Waals surface area contributed by atoms with Gasteiger partial charge in [0.25, 0.3) is 0 Å². The van der Waals surface area contributed by atoms with Gasteiger partial charge in [-0.2, -0.15) is 5.48 Å². The molecule has 92 valence electrons. The largest absolute Gasteiger partial charge is 0.296 e. The number of hydroxylamine groups is 1. The molecule has 16 heavy (non-hydrogen) atoms. The maximum atomic E-state index is 5.46. The number of rotatable bonds is 3. The molecule has 0 saturated heterocycles. The minimum absolute atomic E-state index is 0.133. The molecule has 0 aliphatic carbocycles. The Morgan fingerprint density at radius 1 is 1.25 bits per heavy atom. The Labute approximate surface area is 102 Å². The summed E-state index contributed by atoms with van der Waals surface area (Å²) in [7, 11) is 0. The van der Waals surface area contributed by atoms with Gasteiger partial charge in [0, 0.05) is 16.5 Å². The van der Waals surface area contributed by atoms with Gasteiger partial charge in [-0.25, -0.2) is 4.98 Å². The van der Waals surface area contributed by atoms with Gasteiger partial charge in [0.15, 0.2) is 0 Å². The normalized spacial score (nSPS) is 13.1. The van der Waals surface area contributed by atoms with E-state index in [4.69, 9.17) is 4.84 Å². The molecule has 0 aromatic carbocycles. The average Bonchev–Trinajstić information content (AvgIpc) is 2.49. The van der Waals surface area contributed by atoms with E-state index in [9.17, 15) is 0 Å². The van der Waals surface area contributed by atoms with Crippen molar-refractivity contribution < 1.29 is 4.84 Å². The third-order valence-electron chi connectivity index (χ3n) is 1.82. The molecule has 1 aromatic heterocycles. The maximum absolute atomic E-state index is 5.46. The lowest BCUT2D eigenvalue weighted by atomic mass is 9.98. The van der Waals surface area contributed by atoms with Gasteiger partial charge in [-0.3, -0.25) is 4.84 Å². The molecule has 0 radical (unpaired) electrons. The number of hydrogen-bond acceptors (Lipinski definition) is 4. The highest BCUT2D eigenvalue weighted by Gasteiger charge is 2.18. The monoisotopic (exact) mass is 242 g/mol. The third-order valence-corrected chi connectivity index (χ3v) is 3.24. The molecule has 0 aliphatic heterocycles. The van der Waals surface area contributed by atoms with Gasteiger partial charge >= 0.3 is 0 Å². The first-order valence-corrected chi connectivity index (χ1v) is 6.36. The lowest BCUT2D eigenvalue weighted by Crippen LogP contribution is -2.28. The fraction of sp³-hybridized carbons (Fsp3) is 0.750. The summed E-state index contributed by atoms with van der Waals surface area (Å²) in [5, 5.41) is 1.17. The quantitative estimate of drug-likeness (QED) is 0.826. The standard InChI is InChI=1S/C12H22N2OS/c1-11(2,3)10-13-7-9(16-10)8-14-15-12(4,5)6/h7,14H,8H2,1-6H3. The molecule has 4 heteroatoms. The van der Waals surface area contributed by atoms with E-state index in [1.54, 1.807) is 11.3 Å². The molecule has 1 aromatic rings. The number of aromatic nitrogens is 1. The molecule has 0 fully saturated rings. The van der Waals surface area contributed by atoms with Crippen LogP contribution in [0.3, 0.4) is 0 Å². The Hall–Kier alpha value is -0.450. The summed E-state index contributed by atoms with van der Waals surface area (Å²) in [6.07, 6.45) is 1.92. The second-order valence-corrected chi connectivity index (χ2v) is 7.03. The fourth-order valence-electron chi connectivity index (χ4n) is 1.06. The van der Waals surface area contributed by atoms with E-state index in [-0.39, 0.29) is 11.0 Å². The molecule has 0 atom stereocenters. The van der Waals surface area contributed by atoms with Crippen LogP contribution in [0.2, 0.25) is 0 Å². The molecule has 0 unspecified atom stereocenters. The van der Waals surface area contributed by atoms with Crippen molar-refractivity contribution in [2.24, 2.45) is 0 Å². The molecular weight excluding hydrogens is 220 g/mol. The molecule has 1 N–H and O–H groups in total. The van der Waals surface area contributed by atoms with Crippen molar-refractivity contribution in [2.45, 2.75) is 59.1 Å². The molecular formula is C12H22N2OS. The van der Waals surface area contributed by atoms with Crippen molar-refractivity contribution in [1.82, 2.24) is 10.5 Å². The molecule has 0 amide bonds. The van der Waals surface area contributed by atoms with E-state index in [1.165, 1.54) is 9.88 Å². The summed E-state index contributed by atoms with van der Waals surface area (Å²) in [5.74, 6) is 0. The number of thiazole rings is 1. The van der Waals surface area contributed by atoms with Crippen LogP contribution >= 0.6 is 11.3 Å². The average molecular weight is 242 g/mol. The van der Waals surface area contributed by atoms with Crippen LogP contribution in [0.25, 0.3) is 0 Å². The lowest BCUT2D eigenvalue weighted by molar-refractivity contribution is -0.0754. The smallest absolute Gasteiger partial charge is 0.0981 e. The number of nitrogens with zero attached hydrogens (tertiary/aromatic N) is 1. The topological polar surface area (TPSA) is 34.1 Å². The SMILES string of the molecule is CC(C)(C)ONCc1cnc(C(C)(C)C)s1. The second-order valence-electron chi connectivity index (χ2n) is 5.92. The van der Waals surface area contributed by atoms with Gasteiger partial charge in [-0.1, -0.05) is 20.8 Å². The van der Waals surface area contributed by atoms with Gasteiger partial charge in [-0.05, 0) is 20.8 Å². The highest BCUT2D eigenvalue weighted by atomic mass is 32.1. The Balaban J connectivity index is 2.48. The molecule has 3 nitrogen and oxygen atoms in total. The van der Waals surface area contributed by atoms with Crippen LogP contribution in [-0.4, -0.2) is 10.6 Å². The predicted molar refractivity (Wildman–Crippen MR) is 68.5 cm³/mol. The highest BCUT2D eigenvalue weighted by Crippen LogP contribution is 2.26. The lowest BCUT2D eigenvalue weighted by Gasteiger charge is -2.18. The minimum Gasteiger partial charge on any atom is -0.296 e. The Morgan fingerprint density at radius 3 is 2.31 bits per heavy atom. The molecule has 0 spiro atoms. The van der Waals surface area contributed by atoms with Gasteiger partial charge in [0.1, 0.15) is 0 Å². The zero-order chi connectivity index (χ0) is 12.4. The van der Waals surface area contributed by atoms with Crippen molar-refractivity contribution in [2.75, 3.05) is 0 Å². The molecule has 1 heterocycles. The van der Waals surface area contributed by atoms with Gasteiger partial charge in [0.05, 0.1) is 17.2 Å². The molecule has 0 saturated carbocycles. The summed E-state index contributed by atoms with van der Waals surface area (Å²) in [4.78, 5) is 11.1. The summed E-state index contributed by atoms with van der Waals surface area (Å²) < 4.78 is 0. The summed E-state index contributed by atoms with van der Waals surface area (Å²) in [6, 6.07) is 0. The summed E-state index contributed by atoms with van der Waals surface area (Å²) in [5.41, 5.74) is 2.95. The van der Waals surface area contributed by atoms with E-state index in [0.29, 0.717) is 6.54 Å². The van der Waals surface area contributed by atoms with E-state index in [0.717, 1.165) is 0 Å². The fourth-order valence-corrected chi connectivity index (χ4v) is 1.96. The summed E-state index contributed by atoms with van der Waals surface area (Å²) in [6.45, 7) is 13.3. The van der Waals surface area contributed by atoms with Crippen molar-refractivity contribution in [3.8, 4) is 0 Å². The van der Waals surface area contributed by atoms with Crippen LogP contribution in [0.1, 0.15) is 51.4 Å². The van der Waals surface area contributed by atoms with E-state index < -0.39 is 0 Å². The molecule has 1 rings (SSSR count). The van der Waals surface area contributed by atoms with Crippen molar-refractivity contribution >= 4 is 11.3 Å². The van der Waals surface area contributed by atoms with Crippen LogP contribution in [0.5, 0.6) is 0 Å². The molecule has 0 aliphatic rings. The first-order chi connectivity index (χ1) is 7.18. The van der Waals surface area contributed by atoms with E-state index >= 15 is 0 Å². The second kappa shape index (κ2) is 4.82. The van der Waals surface area contributed by atoms with Crippen LogP contribution in [-0.2, 0) is 16.8 Å². The molecule has 0 bridgehead atoms. The third kappa shape index (κ3) is 4.60. The van der Waals surface area contributed by atoms with Gasteiger partial charge in [0.2, 0.25) is 0 Å². The minimum atomic E-state index is -0.155. The zero-order valence-electron chi connectivity index (χ0n) is 11.0. The predicted octanol–water partition coefficient (Wildman–Crippen LogP) is 3.26. The first-order valence-electron chi connectivity index (χ1n) is 5.54. The summed E-state index contributed by atoms with van der Waals surface area (Å²) >= 11 is 1.74. The van der Waals surface area contributed by atoms with Crippen molar-refractivity contribution in [1.29, 1.82) is 0 Å². The zero-order valence-corrected chi connectivity index (χ0v) is 11.9. The maximum Gasteiger partial charge on any atom is 0.0981 e. The van der Waals surface area contributed by atoms with Crippen LogP contribution in [0.4, 0.5) is 0 Å².